The van der Waals surface area contributed by atoms with E-state index in [-0.39, 0.29) is 0 Å². The third-order valence-corrected chi connectivity index (χ3v) is 5.67. The molecule has 4 heteroatoms. The van der Waals surface area contributed by atoms with Gasteiger partial charge >= 0.3 is 0 Å². The summed E-state index contributed by atoms with van der Waals surface area (Å²) in [6.07, 6.45) is -0.654. The van der Waals surface area contributed by atoms with E-state index in [0.29, 0.717) is 0 Å². The molecule has 0 spiro atoms. The van der Waals surface area contributed by atoms with Crippen LogP contribution in [0.1, 0.15) is 38.1 Å². The standard InChI is InChI=1S/C16H19BrO2S/c1-8-7-13(20-11(8)4)15(18)14-10(3)12(17)6-9(2)16(14)19-5/h6-7,15,18H,1-5H3. The van der Waals surface area contributed by atoms with Crippen LogP contribution in [0.3, 0.4) is 0 Å². The number of hydrogen-bond acceptors (Lipinski definition) is 3. The Hall–Kier alpha value is -0.840. The zero-order valence-corrected chi connectivity index (χ0v) is 14.8. The lowest BCUT2D eigenvalue weighted by Crippen LogP contribution is -2.05. The van der Waals surface area contributed by atoms with E-state index in [1.165, 1.54) is 10.4 Å². The van der Waals surface area contributed by atoms with E-state index in [4.69, 9.17) is 4.74 Å². The summed E-state index contributed by atoms with van der Waals surface area (Å²) in [5.74, 6) is 0.766. The highest BCUT2D eigenvalue weighted by atomic mass is 79.9. The summed E-state index contributed by atoms with van der Waals surface area (Å²) in [4.78, 5) is 2.20. The van der Waals surface area contributed by atoms with Crippen LogP contribution in [0.25, 0.3) is 0 Å². The Morgan fingerprint density at radius 2 is 1.80 bits per heavy atom. The molecule has 1 heterocycles. The maximum atomic E-state index is 10.8. The molecular weight excluding hydrogens is 336 g/mol. The molecule has 20 heavy (non-hydrogen) atoms. The third-order valence-electron chi connectivity index (χ3n) is 3.64. The largest absolute Gasteiger partial charge is 0.496 e. The summed E-state index contributed by atoms with van der Waals surface area (Å²) >= 11 is 5.19. The number of halogens is 1. The first-order valence-corrected chi connectivity index (χ1v) is 8.06. The predicted molar refractivity (Wildman–Crippen MR) is 88.0 cm³/mol. The number of methoxy groups -OCH3 is 1. The Morgan fingerprint density at radius 3 is 2.30 bits per heavy atom. The molecule has 2 aromatic rings. The maximum Gasteiger partial charge on any atom is 0.128 e. The van der Waals surface area contributed by atoms with Gasteiger partial charge in [0, 0.05) is 19.8 Å². The predicted octanol–water partition coefficient (Wildman–Crippen LogP) is 4.83. The van der Waals surface area contributed by atoms with Crippen LogP contribution in [0.15, 0.2) is 16.6 Å². The quantitative estimate of drug-likeness (QED) is 0.854. The highest BCUT2D eigenvalue weighted by Crippen LogP contribution is 2.40. The summed E-state index contributed by atoms with van der Waals surface area (Å²) in [6, 6.07) is 4.08. The van der Waals surface area contributed by atoms with Crippen molar-refractivity contribution in [1.29, 1.82) is 0 Å². The number of aliphatic hydroxyl groups excluding tert-OH is 1. The van der Waals surface area contributed by atoms with Crippen LogP contribution in [-0.4, -0.2) is 12.2 Å². The van der Waals surface area contributed by atoms with Gasteiger partial charge in [-0.2, -0.15) is 0 Å². The summed E-state index contributed by atoms with van der Waals surface area (Å²) in [7, 11) is 1.65. The van der Waals surface area contributed by atoms with Gasteiger partial charge in [-0.1, -0.05) is 15.9 Å². The maximum absolute atomic E-state index is 10.8. The monoisotopic (exact) mass is 354 g/mol. The molecule has 1 aromatic heterocycles. The Bertz CT molecular complexity index is 627. The Balaban J connectivity index is 2.61. The summed E-state index contributed by atoms with van der Waals surface area (Å²) in [5, 5.41) is 10.8. The smallest absolute Gasteiger partial charge is 0.128 e. The average molecular weight is 355 g/mol. The molecule has 0 amide bonds. The second-order valence-corrected chi connectivity index (χ2v) is 7.18. The molecule has 0 aliphatic carbocycles. The molecule has 1 unspecified atom stereocenters. The minimum absolute atomic E-state index is 0.654. The van der Waals surface area contributed by atoms with Crippen LogP contribution in [-0.2, 0) is 0 Å². The molecule has 1 atom stereocenters. The Labute approximate surface area is 132 Å². The normalized spacial score (nSPS) is 12.6. The van der Waals surface area contributed by atoms with E-state index in [1.54, 1.807) is 18.4 Å². The highest BCUT2D eigenvalue weighted by molar-refractivity contribution is 9.10. The number of benzene rings is 1. The van der Waals surface area contributed by atoms with Crippen molar-refractivity contribution in [2.75, 3.05) is 7.11 Å². The van der Waals surface area contributed by atoms with E-state index in [2.05, 4.69) is 35.8 Å². The SMILES string of the molecule is COc1c(C)cc(Br)c(C)c1C(O)c1cc(C)c(C)s1. The lowest BCUT2D eigenvalue weighted by molar-refractivity contribution is 0.217. The molecular formula is C16H19BrO2S. The van der Waals surface area contributed by atoms with Crippen molar-refractivity contribution in [2.24, 2.45) is 0 Å². The van der Waals surface area contributed by atoms with Gasteiger partial charge < -0.3 is 9.84 Å². The fourth-order valence-electron chi connectivity index (χ4n) is 2.35. The van der Waals surface area contributed by atoms with Gasteiger partial charge in [-0.3, -0.25) is 0 Å². The fraction of sp³-hybridized carbons (Fsp3) is 0.375. The van der Waals surface area contributed by atoms with Crippen LogP contribution in [0.4, 0.5) is 0 Å². The molecule has 0 aliphatic rings. The van der Waals surface area contributed by atoms with E-state index < -0.39 is 6.10 Å². The molecule has 0 saturated carbocycles. The molecule has 0 fully saturated rings. The molecule has 0 aliphatic heterocycles. The zero-order valence-electron chi connectivity index (χ0n) is 12.4. The lowest BCUT2D eigenvalue weighted by atomic mass is 9.98. The molecule has 1 aromatic carbocycles. The van der Waals surface area contributed by atoms with Crippen LogP contribution >= 0.6 is 27.3 Å². The van der Waals surface area contributed by atoms with Crippen LogP contribution in [0.2, 0.25) is 0 Å². The van der Waals surface area contributed by atoms with Crippen molar-refractivity contribution >= 4 is 27.3 Å². The van der Waals surface area contributed by atoms with Crippen LogP contribution in [0, 0.1) is 27.7 Å². The van der Waals surface area contributed by atoms with Gasteiger partial charge in [0.05, 0.1) is 7.11 Å². The highest BCUT2D eigenvalue weighted by Gasteiger charge is 2.23. The second-order valence-electron chi connectivity index (χ2n) is 5.04. The number of ether oxygens (including phenoxy) is 1. The minimum atomic E-state index is -0.654. The zero-order chi connectivity index (χ0) is 15.0. The summed E-state index contributed by atoms with van der Waals surface area (Å²) < 4.78 is 6.51. The first-order valence-electron chi connectivity index (χ1n) is 6.45. The number of hydrogen-bond donors (Lipinski definition) is 1. The van der Waals surface area contributed by atoms with Crippen LogP contribution in [0.5, 0.6) is 5.75 Å². The Morgan fingerprint density at radius 1 is 1.15 bits per heavy atom. The number of aliphatic hydroxyl groups is 1. The van der Waals surface area contributed by atoms with Crippen molar-refractivity contribution in [2.45, 2.75) is 33.8 Å². The van der Waals surface area contributed by atoms with Crippen molar-refractivity contribution < 1.29 is 9.84 Å². The van der Waals surface area contributed by atoms with Gasteiger partial charge in [-0.15, -0.1) is 11.3 Å². The van der Waals surface area contributed by atoms with E-state index in [0.717, 1.165) is 31.8 Å². The van der Waals surface area contributed by atoms with Gasteiger partial charge in [0.15, 0.2) is 0 Å². The molecule has 0 bridgehead atoms. The van der Waals surface area contributed by atoms with Gasteiger partial charge in [0.25, 0.3) is 0 Å². The first kappa shape index (κ1) is 15.5. The molecule has 108 valence electrons. The van der Waals surface area contributed by atoms with Gasteiger partial charge in [0.2, 0.25) is 0 Å². The summed E-state index contributed by atoms with van der Waals surface area (Å²) in [6.45, 7) is 8.13. The minimum Gasteiger partial charge on any atom is -0.496 e. The van der Waals surface area contributed by atoms with Crippen molar-refractivity contribution in [3.05, 3.63) is 48.6 Å². The average Bonchev–Trinajstić information content (AvgIpc) is 2.73. The number of thiophene rings is 1. The number of aryl methyl sites for hydroxylation is 3. The molecule has 0 saturated heterocycles. The number of rotatable bonds is 3. The summed E-state index contributed by atoms with van der Waals surface area (Å²) in [5.41, 5.74) is 4.10. The van der Waals surface area contributed by atoms with E-state index in [1.807, 2.05) is 19.9 Å². The van der Waals surface area contributed by atoms with Crippen LogP contribution < -0.4 is 4.74 Å². The van der Waals surface area contributed by atoms with Crippen molar-refractivity contribution in [3.8, 4) is 5.75 Å². The fourth-order valence-corrected chi connectivity index (χ4v) is 3.95. The topological polar surface area (TPSA) is 29.5 Å². The Kier molecular flexibility index (Phi) is 4.57. The molecule has 0 radical (unpaired) electrons. The van der Waals surface area contributed by atoms with E-state index >= 15 is 0 Å². The molecule has 2 rings (SSSR count). The molecule has 1 N–H and O–H groups in total. The van der Waals surface area contributed by atoms with Gasteiger partial charge in [0.1, 0.15) is 11.9 Å². The molecule has 2 nitrogen and oxygen atoms in total. The second kappa shape index (κ2) is 5.88. The van der Waals surface area contributed by atoms with Crippen molar-refractivity contribution in [3.63, 3.8) is 0 Å². The van der Waals surface area contributed by atoms with Gasteiger partial charge in [-0.25, -0.2) is 0 Å². The van der Waals surface area contributed by atoms with Gasteiger partial charge in [-0.05, 0) is 56.5 Å². The third kappa shape index (κ3) is 2.65. The lowest BCUT2D eigenvalue weighted by Gasteiger charge is -2.19. The van der Waals surface area contributed by atoms with Crippen molar-refractivity contribution in [1.82, 2.24) is 0 Å². The first-order chi connectivity index (χ1) is 9.36. The van der Waals surface area contributed by atoms with E-state index in [9.17, 15) is 5.11 Å².